The van der Waals surface area contributed by atoms with Crippen molar-refractivity contribution >= 4 is 23.0 Å². The molecule has 1 aromatic carbocycles. The molecule has 0 bridgehead atoms. The molecule has 0 saturated heterocycles. The highest BCUT2D eigenvalue weighted by Crippen LogP contribution is 2.22. The van der Waals surface area contributed by atoms with Crippen LogP contribution < -0.4 is 5.43 Å². The van der Waals surface area contributed by atoms with Gasteiger partial charge in [0, 0.05) is 4.88 Å². The van der Waals surface area contributed by atoms with Gasteiger partial charge in [-0.3, -0.25) is 4.79 Å². The Morgan fingerprint density at radius 2 is 1.86 bits per heavy atom. The fourth-order valence-electron chi connectivity index (χ4n) is 2.03. The average molecular weight is 314 g/mol. The first-order valence-corrected chi connectivity index (χ1v) is 8.20. The first-order valence-electron chi connectivity index (χ1n) is 7.32. The molecule has 0 fully saturated rings. The lowest BCUT2D eigenvalue weighted by Crippen LogP contribution is -2.21. The van der Waals surface area contributed by atoms with Gasteiger partial charge in [0.2, 0.25) is 5.91 Å². The van der Waals surface area contributed by atoms with Crippen molar-refractivity contribution in [2.75, 3.05) is 0 Å². The van der Waals surface area contributed by atoms with Gasteiger partial charge >= 0.3 is 0 Å². The van der Waals surface area contributed by atoms with E-state index in [-0.39, 0.29) is 11.3 Å². The number of rotatable bonds is 4. The third kappa shape index (κ3) is 4.53. The van der Waals surface area contributed by atoms with E-state index in [1.807, 2.05) is 36.6 Å². The topological polar surface area (TPSA) is 41.5 Å². The van der Waals surface area contributed by atoms with Gasteiger partial charge in [0.25, 0.3) is 0 Å². The second kappa shape index (κ2) is 6.88. The van der Waals surface area contributed by atoms with Gasteiger partial charge in [-0.25, -0.2) is 5.43 Å². The summed E-state index contributed by atoms with van der Waals surface area (Å²) < 4.78 is 0. The number of nitrogens with one attached hydrogen (secondary N) is 1. The predicted octanol–water partition coefficient (Wildman–Crippen LogP) is 4.13. The number of thiophene rings is 1. The summed E-state index contributed by atoms with van der Waals surface area (Å²) in [6.45, 7) is 8.43. The Kier molecular flexibility index (Phi) is 5.14. The van der Waals surface area contributed by atoms with Crippen molar-refractivity contribution in [3.8, 4) is 0 Å². The molecule has 0 atom stereocenters. The average Bonchev–Trinajstić information content (AvgIpc) is 2.98. The van der Waals surface area contributed by atoms with E-state index in [4.69, 9.17) is 0 Å². The molecule has 1 heterocycles. The normalized spacial score (nSPS) is 12.3. The molecular weight excluding hydrogens is 292 g/mol. The Balaban J connectivity index is 1.93. The zero-order valence-electron chi connectivity index (χ0n) is 13.5. The first-order chi connectivity index (χ1) is 10.4. The monoisotopic (exact) mass is 314 g/mol. The Bertz CT molecular complexity index is 649. The molecule has 0 saturated carbocycles. The molecule has 0 radical (unpaired) electrons. The van der Waals surface area contributed by atoms with Crippen molar-refractivity contribution in [1.82, 2.24) is 5.43 Å². The second-order valence-corrected chi connectivity index (χ2v) is 7.28. The van der Waals surface area contributed by atoms with Crippen molar-refractivity contribution in [3.05, 3.63) is 57.8 Å². The van der Waals surface area contributed by atoms with Gasteiger partial charge in [-0.2, -0.15) is 5.10 Å². The minimum atomic E-state index is -0.0978. The van der Waals surface area contributed by atoms with Crippen LogP contribution >= 0.6 is 11.3 Å². The molecule has 1 amide bonds. The van der Waals surface area contributed by atoms with Crippen LogP contribution in [0.25, 0.3) is 0 Å². The molecule has 0 unspecified atom stereocenters. The summed E-state index contributed by atoms with van der Waals surface area (Å²) >= 11 is 1.61. The van der Waals surface area contributed by atoms with Gasteiger partial charge in [0.15, 0.2) is 0 Å². The Hall–Kier alpha value is -1.94. The van der Waals surface area contributed by atoms with Gasteiger partial charge in [-0.15, -0.1) is 11.3 Å². The maximum absolute atomic E-state index is 12.0. The first kappa shape index (κ1) is 16.4. The lowest BCUT2D eigenvalue weighted by atomic mass is 9.86. The Labute approximate surface area is 136 Å². The number of hydrogen-bond acceptors (Lipinski definition) is 3. The van der Waals surface area contributed by atoms with E-state index in [0.29, 0.717) is 6.42 Å². The highest BCUT2D eigenvalue weighted by atomic mass is 32.1. The van der Waals surface area contributed by atoms with E-state index in [2.05, 4.69) is 43.4 Å². The fraction of sp³-hybridized carbons (Fsp3) is 0.333. The molecule has 2 rings (SSSR count). The van der Waals surface area contributed by atoms with Crippen LogP contribution in [0.3, 0.4) is 0 Å². The summed E-state index contributed by atoms with van der Waals surface area (Å²) in [5, 5.41) is 6.14. The van der Waals surface area contributed by atoms with Gasteiger partial charge in [-0.05, 0) is 34.9 Å². The molecule has 4 heteroatoms. The summed E-state index contributed by atoms with van der Waals surface area (Å²) in [7, 11) is 0. The predicted molar refractivity (Wildman–Crippen MR) is 93.5 cm³/mol. The second-order valence-electron chi connectivity index (χ2n) is 6.33. The number of benzene rings is 1. The standard InChI is InChI=1S/C18H22N2OS/c1-13(16-6-5-11-22-16)19-20-17(21)12-14-7-9-15(10-8-14)18(2,3)4/h5-11H,12H2,1-4H3,(H,20,21)/b19-13-. The van der Waals surface area contributed by atoms with E-state index in [0.717, 1.165) is 16.2 Å². The van der Waals surface area contributed by atoms with E-state index >= 15 is 0 Å². The number of nitrogens with zero attached hydrogens (tertiary/aromatic N) is 1. The maximum atomic E-state index is 12.0. The summed E-state index contributed by atoms with van der Waals surface area (Å²) in [5.41, 5.74) is 5.83. The smallest absolute Gasteiger partial charge is 0.244 e. The largest absolute Gasteiger partial charge is 0.273 e. The van der Waals surface area contributed by atoms with Crippen LogP contribution in [0.4, 0.5) is 0 Å². The number of hydrazone groups is 1. The van der Waals surface area contributed by atoms with Crippen molar-refractivity contribution in [2.24, 2.45) is 5.10 Å². The molecule has 116 valence electrons. The molecule has 1 N–H and O–H groups in total. The summed E-state index contributed by atoms with van der Waals surface area (Å²) in [6, 6.07) is 12.1. The molecule has 0 aliphatic carbocycles. The number of carbonyl (C=O) groups is 1. The van der Waals surface area contributed by atoms with Gasteiger partial charge in [-0.1, -0.05) is 51.1 Å². The van der Waals surface area contributed by atoms with Crippen molar-refractivity contribution < 1.29 is 4.79 Å². The van der Waals surface area contributed by atoms with Crippen molar-refractivity contribution in [1.29, 1.82) is 0 Å². The van der Waals surface area contributed by atoms with Crippen LogP contribution in [0.15, 0.2) is 46.9 Å². The number of amides is 1. The third-order valence-electron chi connectivity index (χ3n) is 3.41. The number of hydrogen-bond donors (Lipinski definition) is 1. The molecule has 0 spiro atoms. The fourth-order valence-corrected chi connectivity index (χ4v) is 2.71. The van der Waals surface area contributed by atoms with Gasteiger partial charge in [0.1, 0.15) is 0 Å². The molecule has 0 aliphatic heterocycles. The Morgan fingerprint density at radius 3 is 2.41 bits per heavy atom. The SMILES string of the molecule is C/C(=N/NC(=O)Cc1ccc(C(C)(C)C)cc1)c1cccs1. The quantitative estimate of drug-likeness (QED) is 0.669. The zero-order valence-corrected chi connectivity index (χ0v) is 14.3. The van der Waals surface area contributed by atoms with E-state index in [1.165, 1.54) is 5.56 Å². The lowest BCUT2D eigenvalue weighted by Gasteiger charge is -2.19. The van der Waals surface area contributed by atoms with E-state index in [9.17, 15) is 4.79 Å². The minimum Gasteiger partial charge on any atom is -0.273 e. The zero-order chi connectivity index (χ0) is 16.2. The van der Waals surface area contributed by atoms with Crippen LogP contribution in [0.1, 0.15) is 43.7 Å². The molecular formula is C18H22N2OS. The lowest BCUT2D eigenvalue weighted by molar-refractivity contribution is -0.120. The van der Waals surface area contributed by atoms with Gasteiger partial charge in [0.05, 0.1) is 12.1 Å². The highest BCUT2D eigenvalue weighted by molar-refractivity contribution is 7.12. The van der Waals surface area contributed by atoms with Crippen LogP contribution in [0, 0.1) is 0 Å². The maximum Gasteiger partial charge on any atom is 0.244 e. The van der Waals surface area contributed by atoms with Crippen LogP contribution in [-0.2, 0) is 16.6 Å². The van der Waals surface area contributed by atoms with Gasteiger partial charge < -0.3 is 0 Å². The summed E-state index contributed by atoms with van der Waals surface area (Å²) in [4.78, 5) is 13.0. The highest BCUT2D eigenvalue weighted by Gasteiger charge is 2.13. The van der Waals surface area contributed by atoms with Crippen LogP contribution in [0.2, 0.25) is 0 Å². The minimum absolute atomic E-state index is 0.0978. The molecule has 0 aliphatic rings. The van der Waals surface area contributed by atoms with Crippen LogP contribution in [-0.4, -0.2) is 11.6 Å². The molecule has 2 aromatic rings. The van der Waals surface area contributed by atoms with Crippen molar-refractivity contribution in [3.63, 3.8) is 0 Å². The molecule has 22 heavy (non-hydrogen) atoms. The molecule has 3 nitrogen and oxygen atoms in total. The third-order valence-corrected chi connectivity index (χ3v) is 4.39. The van der Waals surface area contributed by atoms with Crippen molar-refractivity contribution in [2.45, 2.75) is 39.5 Å². The summed E-state index contributed by atoms with van der Waals surface area (Å²) in [5.74, 6) is -0.0978. The molecule has 1 aromatic heterocycles. The Morgan fingerprint density at radius 1 is 1.18 bits per heavy atom. The van der Waals surface area contributed by atoms with Crippen LogP contribution in [0.5, 0.6) is 0 Å². The van der Waals surface area contributed by atoms with E-state index < -0.39 is 0 Å². The number of carbonyl (C=O) groups excluding carboxylic acids is 1. The van der Waals surface area contributed by atoms with E-state index in [1.54, 1.807) is 11.3 Å². The summed E-state index contributed by atoms with van der Waals surface area (Å²) in [6.07, 6.45) is 0.339.